The highest BCUT2D eigenvalue weighted by Gasteiger charge is 2.09. The first kappa shape index (κ1) is 14.5. The number of benzene rings is 1. The van der Waals surface area contributed by atoms with Gasteiger partial charge < -0.3 is 15.5 Å². The normalized spacial score (nSPS) is 11.9. The van der Waals surface area contributed by atoms with Gasteiger partial charge in [0.25, 0.3) is 0 Å². The van der Waals surface area contributed by atoms with Crippen LogP contribution >= 0.6 is 12.4 Å². The molecule has 0 aliphatic rings. The number of halogens is 1. The monoisotopic (exact) mass is 268 g/mol. The van der Waals surface area contributed by atoms with E-state index < -0.39 is 0 Å². The molecule has 98 valence electrons. The molecule has 0 bridgehead atoms. The third kappa shape index (κ3) is 3.24. The van der Waals surface area contributed by atoms with E-state index in [2.05, 4.69) is 5.32 Å². The molecule has 0 aliphatic carbocycles. The van der Waals surface area contributed by atoms with Crippen molar-refractivity contribution >= 4 is 35.0 Å². The molecule has 1 aromatic carbocycles. The van der Waals surface area contributed by atoms with Crippen molar-refractivity contribution in [3.63, 3.8) is 0 Å². The van der Waals surface area contributed by atoms with Gasteiger partial charge in [-0.25, -0.2) is 0 Å². The molecule has 1 unspecified atom stereocenters. The van der Waals surface area contributed by atoms with Crippen LogP contribution in [0.1, 0.15) is 19.4 Å². The predicted octanol–water partition coefficient (Wildman–Crippen LogP) is 2.70. The summed E-state index contributed by atoms with van der Waals surface area (Å²) in [6.45, 7) is 3.44. The van der Waals surface area contributed by atoms with Gasteiger partial charge in [0.2, 0.25) is 5.91 Å². The van der Waals surface area contributed by atoms with E-state index in [4.69, 9.17) is 10.2 Å². The van der Waals surface area contributed by atoms with Crippen LogP contribution in [0.15, 0.2) is 28.9 Å². The fourth-order valence-electron chi connectivity index (χ4n) is 1.93. The molecule has 0 saturated carbocycles. The number of hydrogen-bond acceptors (Lipinski definition) is 3. The number of carbonyl (C=O) groups excluding carboxylic acids is 1. The number of fused-ring (bicyclic) bond motifs is 1. The zero-order valence-electron chi connectivity index (χ0n) is 10.4. The van der Waals surface area contributed by atoms with E-state index in [-0.39, 0.29) is 24.4 Å². The first-order valence-electron chi connectivity index (χ1n) is 5.59. The van der Waals surface area contributed by atoms with Crippen LogP contribution in [0.5, 0.6) is 0 Å². The highest BCUT2D eigenvalue weighted by atomic mass is 35.5. The van der Waals surface area contributed by atoms with Gasteiger partial charge in [0.1, 0.15) is 5.58 Å². The second-order valence-corrected chi connectivity index (χ2v) is 4.34. The second kappa shape index (κ2) is 5.89. The van der Waals surface area contributed by atoms with Gasteiger partial charge in [0.05, 0.1) is 6.26 Å². The van der Waals surface area contributed by atoms with Gasteiger partial charge in [-0.3, -0.25) is 4.79 Å². The Hall–Kier alpha value is -1.52. The Morgan fingerprint density at radius 2 is 2.22 bits per heavy atom. The lowest BCUT2D eigenvalue weighted by atomic mass is 10.0. The SMILES string of the molecule is CC(=O)Nc1cc(CC(C)N)c2occc2c1.Cl. The minimum Gasteiger partial charge on any atom is -0.464 e. The molecular weight excluding hydrogens is 252 g/mol. The lowest BCUT2D eigenvalue weighted by molar-refractivity contribution is -0.114. The van der Waals surface area contributed by atoms with Gasteiger partial charge in [0, 0.05) is 24.0 Å². The minimum atomic E-state index is -0.0837. The van der Waals surface area contributed by atoms with Gasteiger partial charge in [-0.15, -0.1) is 12.4 Å². The summed E-state index contributed by atoms with van der Waals surface area (Å²) in [7, 11) is 0. The fourth-order valence-corrected chi connectivity index (χ4v) is 1.93. The Balaban J connectivity index is 0.00000162. The molecule has 2 aromatic rings. The van der Waals surface area contributed by atoms with Gasteiger partial charge in [-0.2, -0.15) is 0 Å². The molecule has 0 spiro atoms. The summed E-state index contributed by atoms with van der Waals surface area (Å²) in [6.07, 6.45) is 2.37. The maximum Gasteiger partial charge on any atom is 0.221 e. The molecular formula is C13H17ClN2O2. The lowest BCUT2D eigenvalue weighted by Gasteiger charge is -2.09. The Kier molecular flexibility index (Phi) is 4.76. The summed E-state index contributed by atoms with van der Waals surface area (Å²) in [5, 5.41) is 3.76. The summed E-state index contributed by atoms with van der Waals surface area (Å²) in [5.74, 6) is -0.0837. The summed E-state index contributed by atoms with van der Waals surface area (Å²) in [6, 6.07) is 5.74. The van der Waals surface area contributed by atoms with Gasteiger partial charge in [0.15, 0.2) is 0 Å². The van der Waals surface area contributed by atoms with E-state index in [1.54, 1.807) is 6.26 Å². The maximum absolute atomic E-state index is 11.1. The zero-order chi connectivity index (χ0) is 12.4. The largest absolute Gasteiger partial charge is 0.464 e. The third-order valence-electron chi connectivity index (χ3n) is 2.49. The van der Waals surface area contributed by atoms with E-state index in [1.807, 2.05) is 25.1 Å². The highest BCUT2D eigenvalue weighted by molar-refractivity contribution is 5.93. The van der Waals surface area contributed by atoms with Crippen molar-refractivity contribution in [3.8, 4) is 0 Å². The molecule has 18 heavy (non-hydrogen) atoms. The quantitative estimate of drug-likeness (QED) is 0.899. The topological polar surface area (TPSA) is 68.3 Å². The zero-order valence-corrected chi connectivity index (χ0v) is 11.2. The Morgan fingerprint density at radius 1 is 1.50 bits per heavy atom. The van der Waals surface area contributed by atoms with Crippen LogP contribution in [0, 0.1) is 0 Å². The standard InChI is InChI=1S/C13H16N2O2.ClH/c1-8(14)5-11-7-12(15-9(2)16)6-10-3-4-17-13(10)11;/h3-4,6-8H,5,14H2,1-2H3,(H,15,16);1H. The number of nitrogens with two attached hydrogens (primary N) is 1. The smallest absolute Gasteiger partial charge is 0.221 e. The number of carbonyl (C=O) groups is 1. The summed E-state index contributed by atoms with van der Waals surface area (Å²) in [4.78, 5) is 11.1. The van der Waals surface area contributed by atoms with E-state index in [9.17, 15) is 4.79 Å². The lowest BCUT2D eigenvalue weighted by Crippen LogP contribution is -2.18. The van der Waals surface area contributed by atoms with Crippen LogP contribution in [0.2, 0.25) is 0 Å². The van der Waals surface area contributed by atoms with Crippen molar-refractivity contribution in [2.45, 2.75) is 26.3 Å². The first-order chi connectivity index (χ1) is 8.06. The van der Waals surface area contributed by atoms with Gasteiger partial charge in [-0.05, 0) is 37.1 Å². The van der Waals surface area contributed by atoms with Crippen LogP contribution in [0.3, 0.4) is 0 Å². The number of anilines is 1. The Bertz CT molecular complexity index is 549. The van der Waals surface area contributed by atoms with E-state index in [1.165, 1.54) is 6.92 Å². The third-order valence-corrected chi connectivity index (χ3v) is 2.49. The summed E-state index contributed by atoms with van der Waals surface area (Å²) < 4.78 is 5.44. The molecule has 1 amide bonds. The molecule has 0 radical (unpaired) electrons. The molecule has 3 N–H and O–H groups in total. The molecule has 1 aromatic heterocycles. The van der Waals surface area contributed by atoms with Crippen LogP contribution in [0.4, 0.5) is 5.69 Å². The van der Waals surface area contributed by atoms with Crippen LogP contribution in [0.25, 0.3) is 11.0 Å². The maximum atomic E-state index is 11.1. The number of nitrogens with one attached hydrogen (secondary N) is 1. The van der Waals surface area contributed by atoms with Gasteiger partial charge in [-0.1, -0.05) is 0 Å². The van der Waals surface area contributed by atoms with E-state index >= 15 is 0 Å². The average Bonchev–Trinajstić information content (AvgIpc) is 2.63. The Labute approximate surface area is 112 Å². The highest BCUT2D eigenvalue weighted by Crippen LogP contribution is 2.26. The number of amides is 1. The molecule has 2 rings (SSSR count). The number of hydrogen-bond donors (Lipinski definition) is 2. The predicted molar refractivity (Wildman–Crippen MR) is 75.1 cm³/mol. The van der Waals surface area contributed by atoms with Crippen LogP contribution < -0.4 is 11.1 Å². The van der Waals surface area contributed by atoms with Crippen molar-refractivity contribution in [1.29, 1.82) is 0 Å². The average molecular weight is 269 g/mol. The van der Waals surface area contributed by atoms with Crippen molar-refractivity contribution in [2.24, 2.45) is 5.73 Å². The Morgan fingerprint density at radius 3 is 2.83 bits per heavy atom. The molecule has 1 atom stereocenters. The number of furan rings is 1. The first-order valence-corrected chi connectivity index (χ1v) is 5.59. The van der Waals surface area contributed by atoms with Crippen molar-refractivity contribution in [3.05, 3.63) is 30.0 Å². The molecule has 0 fully saturated rings. The van der Waals surface area contributed by atoms with E-state index in [0.717, 1.165) is 28.6 Å². The second-order valence-electron chi connectivity index (χ2n) is 4.34. The fraction of sp³-hybridized carbons (Fsp3) is 0.308. The molecule has 4 nitrogen and oxygen atoms in total. The van der Waals surface area contributed by atoms with E-state index in [0.29, 0.717) is 0 Å². The molecule has 1 heterocycles. The number of rotatable bonds is 3. The van der Waals surface area contributed by atoms with Gasteiger partial charge >= 0.3 is 0 Å². The van der Waals surface area contributed by atoms with Crippen molar-refractivity contribution in [2.75, 3.05) is 5.32 Å². The van der Waals surface area contributed by atoms with Crippen molar-refractivity contribution < 1.29 is 9.21 Å². The van der Waals surface area contributed by atoms with Crippen LogP contribution in [-0.2, 0) is 11.2 Å². The molecule has 5 heteroatoms. The molecule has 0 saturated heterocycles. The summed E-state index contributed by atoms with van der Waals surface area (Å²) >= 11 is 0. The minimum absolute atomic E-state index is 0. The molecule has 0 aliphatic heterocycles. The summed E-state index contributed by atoms with van der Waals surface area (Å²) in [5.41, 5.74) is 8.45. The van der Waals surface area contributed by atoms with Crippen molar-refractivity contribution in [1.82, 2.24) is 0 Å². The van der Waals surface area contributed by atoms with Crippen LogP contribution in [-0.4, -0.2) is 11.9 Å².